The second-order valence-corrected chi connectivity index (χ2v) is 8.40. The van der Waals surface area contributed by atoms with Crippen molar-refractivity contribution in [3.8, 4) is 11.5 Å². The predicted octanol–water partition coefficient (Wildman–Crippen LogP) is 4.63. The van der Waals surface area contributed by atoms with Crippen LogP contribution in [0, 0.1) is 6.92 Å². The number of hydrogen-bond acceptors (Lipinski definition) is 6. The Morgan fingerprint density at radius 1 is 1.32 bits per heavy atom. The zero-order valence-corrected chi connectivity index (χ0v) is 16.4. The van der Waals surface area contributed by atoms with E-state index in [0.717, 1.165) is 41.1 Å². The van der Waals surface area contributed by atoms with Gasteiger partial charge in [-0.2, -0.15) is 4.98 Å². The molecule has 1 aromatic carbocycles. The van der Waals surface area contributed by atoms with Gasteiger partial charge in [0, 0.05) is 10.8 Å². The van der Waals surface area contributed by atoms with E-state index in [0.29, 0.717) is 24.1 Å². The molecule has 2 aliphatic rings. The molecule has 2 aromatic heterocycles. The summed E-state index contributed by atoms with van der Waals surface area (Å²) in [5, 5.41) is 9.18. The summed E-state index contributed by atoms with van der Waals surface area (Å²) in [7, 11) is 0. The fourth-order valence-corrected chi connectivity index (χ4v) is 4.54. The third-order valence-corrected chi connectivity index (χ3v) is 6.25. The van der Waals surface area contributed by atoms with Gasteiger partial charge in [-0.1, -0.05) is 16.8 Å². The van der Waals surface area contributed by atoms with Crippen LogP contribution in [0.5, 0.6) is 0 Å². The lowest BCUT2D eigenvalue weighted by atomic mass is 10.0. The van der Waals surface area contributed by atoms with Gasteiger partial charge < -0.3 is 14.6 Å². The van der Waals surface area contributed by atoms with Crippen LogP contribution >= 0.6 is 11.3 Å². The van der Waals surface area contributed by atoms with Crippen LogP contribution in [0.3, 0.4) is 0 Å². The maximum absolute atomic E-state index is 12.8. The van der Waals surface area contributed by atoms with Crippen molar-refractivity contribution in [1.29, 1.82) is 0 Å². The first-order chi connectivity index (χ1) is 13.7. The summed E-state index contributed by atoms with van der Waals surface area (Å²) in [5.41, 5.74) is 3.81. The highest BCUT2D eigenvalue weighted by molar-refractivity contribution is 7.10. The number of ether oxygens (including phenoxy) is 1. The molecule has 1 N–H and O–H groups in total. The summed E-state index contributed by atoms with van der Waals surface area (Å²) in [6.45, 7) is 2.66. The molecule has 28 heavy (non-hydrogen) atoms. The molecule has 6 nitrogen and oxygen atoms in total. The number of aromatic nitrogens is 2. The van der Waals surface area contributed by atoms with Crippen molar-refractivity contribution in [1.82, 2.24) is 10.1 Å². The Bertz CT molecular complexity index is 1020. The van der Waals surface area contributed by atoms with Crippen molar-refractivity contribution in [2.75, 3.05) is 11.9 Å². The number of benzene rings is 1. The molecule has 1 aliphatic heterocycles. The van der Waals surface area contributed by atoms with Crippen LogP contribution in [0.4, 0.5) is 5.69 Å². The van der Waals surface area contributed by atoms with Gasteiger partial charge in [-0.15, -0.1) is 11.3 Å². The maximum atomic E-state index is 12.8. The number of amides is 1. The van der Waals surface area contributed by atoms with Gasteiger partial charge in [-0.25, -0.2) is 0 Å². The van der Waals surface area contributed by atoms with Crippen LogP contribution in [-0.4, -0.2) is 22.7 Å². The van der Waals surface area contributed by atoms with Crippen LogP contribution in [-0.2, 0) is 16.0 Å². The summed E-state index contributed by atoms with van der Waals surface area (Å²) in [6, 6.07) is 7.94. The number of fused-ring (bicyclic) bond motifs is 1. The van der Waals surface area contributed by atoms with Gasteiger partial charge in [-0.3, -0.25) is 4.79 Å². The Kier molecular flexibility index (Phi) is 4.49. The van der Waals surface area contributed by atoms with Crippen molar-refractivity contribution in [3.05, 3.63) is 51.5 Å². The first-order valence-corrected chi connectivity index (χ1v) is 10.5. The number of carbonyl (C=O) groups is 1. The SMILES string of the molecule is Cc1ccc(NC(=O)C[C@@H]2OCCc3ccsc32)c(-c2nc(C3CC3)no2)c1. The molecule has 0 spiro atoms. The highest BCUT2D eigenvalue weighted by Crippen LogP contribution is 2.40. The number of thiophene rings is 1. The third-order valence-electron chi connectivity index (χ3n) is 5.20. The lowest BCUT2D eigenvalue weighted by molar-refractivity contribution is -0.119. The Hall–Kier alpha value is -2.51. The summed E-state index contributed by atoms with van der Waals surface area (Å²) in [6.07, 6.45) is 3.25. The smallest absolute Gasteiger partial charge is 0.260 e. The summed E-state index contributed by atoms with van der Waals surface area (Å²) in [4.78, 5) is 18.5. The van der Waals surface area contributed by atoms with Crippen molar-refractivity contribution in [2.24, 2.45) is 0 Å². The maximum Gasteiger partial charge on any atom is 0.260 e. The highest BCUT2D eigenvalue weighted by Gasteiger charge is 2.30. The molecule has 0 unspecified atom stereocenters. The molecule has 0 radical (unpaired) electrons. The number of nitrogens with one attached hydrogen (secondary N) is 1. The number of anilines is 1. The number of aryl methyl sites for hydroxylation is 1. The largest absolute Gasteiger partial charge is 0.372 e. The van der Waals surface area contributed by atoms with Gasteiger partial charge in [0.1, 0.15) is 6.10 Å². The zero-order valence-electron chi connectivity index (χ0n) is 15.6. The molecule has 3 heterocycles. The Labute approximate surface area is 166 Å². The minimum absolute atomic E-state index is 0.0849. The van der Waals surface area contributed by atoms with Crippen LogP contribution in [0.15, 0.2) is 34.2 Å². The van der Waals surface area contributed by atoms with E-state index in [9.17, 15) is 4.79 Å². The molecule has 5 rings (SSSR count). The van der Waals surface area contributed by atoms with Crippen LogP contribution in [0.25, 0.3) is 11.5 Å². The summed E-state index contributed by atoms with van der Waals surface area (Å²) in [5.74, 6) is 1.55. The summed E-state index contributed by atoms with van der Waals surface area (Å²) >= 11 is 1.66. The van der Waals surface area contributed by atoms with Gasteiger partial charge >= 0.3 is 0 Å². The normalized spacial score (nSPS) is 18.7. The lowest BCUT2D eigenvalue weighted by Gasteiger charge is -2.22. The Morgan fingerprint density at radius 3 is 3.07 bits per heavy atom. The molecule has 1 fully saturated rings. The van der Waals surface area contributed by atoms with Gasteiger partial charge in [0.25, 0.3) is 5.89 Å². The molecule has 1 saturated carbocycles. The Morgan fingerprint density at radius 2 is 2.21 bits per heavy atom. The number of hydrogen-bond donors (Lipinski definition) is 1. The second-order valence-electron chi connectivity index (χ2n) is 7.45. The number of nitrogens with zero attached hydrogens (tertiary/aromatic N) is 2. The van der Waals surface area contributed by atoms with E-state index in [1.807, 2.05) is 25.1 Å². The first kappa shape index (κ1) is 17.6. The van der Waals surface area contributed by atoms with Crippen LogP contribution < -0.4 is 5.32 Å². The van der Waals surface area contributed by atoms with E-state index in [4.69, 9.17) is 9.26 Å². The molecule has 3 aromatic rings. The monoisotopic (exact) mass is 395 g/mol. The standard InChI is InChI=1S/C21H21N3O3S/c1-12-2-5-16(15(10-12)21-23-20(24-27-21)14-3-4-14)22-18(25)11-17-19-13(6-8-26-17)7-9-28-19/h2,5,7,9-10,14,17H,3-4,6,8,11H2,1H3,(H,22,25)/t17-/m0/s1. The second kappa shape index (κ2) is 7.14. The lowest BCUT2D eigenvalue weighted by Crippen LogP contribution is -2.21. The number of carbonyl (C=O) groups excluding carboxylic acids is 1. The molecule has 1 atom stereocenters. The fourth-order valence-electron chi connectivity index (χ4n) is 3.54. The molecule has 1 aliphatic carbocycles. The molecule has 0 saturated heterocycles. The van der Waals surface area contributed by atoms with E-state index < -0.39 is 0 Å². The highest BCUT2D eigenvalue weighted by atomic mass is 32.1. The minimum atomic E-state index is -0.178. The quantitative estimate of drug-likeness (QED) is 0.682. The molecular formula is C21H21N3O3S. The molecule has 144 valence electrons. The number of rotatable bonds is 5. The predicted molar refractivity (Wildman–Crippen MR) is 106 cm³/mol. The Balaban J connectivity index is 1.36. The first-order valence-electron chi connectivity index (χ1n) is 9.60. The zero-order chi connectivity index (χ0) is 19.1. The third kappa shape index (κ3) is 3.47. The molecular weight excluding hydrogens is 374 g/mol. The van der Waals surface area contributed by atoms with Gasteiger partial charge in [0.05, 0.1) is 24.3 Å². The van der Waals surface area contributed by atoms with E-state index in [1.165, 1.54) is 5.56 Å². The average Bonchev–Trinajstić information content (AvgIpc) is 3.22. The molecule has 0 bridgehead atoms. The minimum Gasteiger partial charge on any atom is -0.372 e. The van der Waals surface area contributed by atoms with Crippen LogP contribution in [0.2, 0.25) is 0 Å². The van der Waals surface area contributed by atoms with Crippen molar-refractivity contribution >= 4 is 22.9 Å². The molecule has 1 amide bonds. The van der Waals surface area contributed by atoms with Crippen molar-refractivity contribution in [3.63, 3.8) is 0 Å². The van der Waals surface area contributed by atoms with E-state index in [1.54, 1.807) is 11.3 Å². The van der Waals surface area contributed by atoms with Crippen molar-refractivity contribution < 1.29 is 14.1 Å². The van der Waals surface area contributed by atoms with E-state index >= 15 is 0 Å². The van der Waals surface area contributed by atoms with Crippen LogP contribution in [0.1, 0.15) is 53.1 Å². The van der Waals surface area contributed by atoms with Gasteiger partial charge in [0.15, 0.2) is 5.82 Å². The average molecular weight is 395 g/mol. The topological polar surface area (TPSA) is 77.2 Å². The van der Waals surface area contributed by atoms with Gasteiger partial charge in [0.2, 0.25) is 5.91 Å². The fraction of sp³-hybridized carbons (Fsp3) is 0.381. The van der Waals surface area contributed by atoms with E-state index in [2.05, 4.69) is 26.9 Å². The van der Waals surface area contributed by atoms with E-state index in [-0.39, 0.29) is 18.4 Å². The van der Waals surface area contributed by atoms with Gasteiger partial charge in [-0.05, 0) is 55.3 Å². The van der Waals surface area contributed by atoms with Crippen molar-refractivity contribution in [2.45, 2.75) is 44.6 Å². The summed E-state index contributed by atoms with van der Waals surface area (Å²) < 4.78 is 11.3. The molecule has 7 heteroatoms.